The van der Waals surface area contributed by atoms with Gasteiger partial charge in [0.15, 0.2) is 0 Å². The van der Waals surface area contributed by atoms with Gasteiger partial charge < -0.3 is 4.74 Å². The van der Waals surface area contributed by atoms with Crippen molar-refractivity contribution in [2.24, 2.45) is 0 Å². The number of likely N-dealkylation sites (tertiary alicyclic amines) is 1. The number of halogens is 1. The van der Waals surface area contributed by atoms with Gasteiger partial charge in [-0.1, -0.05) is 0 Å². The van der Waals surface area contributed by atoms with E-state index in [4.69, 9.17) is 15.4 Å². The fourth-order valence-electron chi connectivity index (χ4n) is 2.21. The minimum absolute atomic E-state index is 0.0986. The predicted octanol–water partition coefficient (Wildman–Crippen LogP) is 1.44. The highest BCUT2D eigenvalue weighted by atomic mass is 35.7. The van der Waals surface area contributed by atoms with Gasteiger partial charge in [0, 0.05) is 36.4 Å². The van der Waals surface area contributed by atoms with Crippen molar-refractivity contribution in [1.82, 2.24) is 4.90 Å². The third-order valence-electron chi connectivity index (χ3n) is 2.96. The highest BCUT2D eigenvalue weighted by Crippen LogP contribution is 2.29. The van der Waals surface area contributed by atoms with Gasteiger partial charge in [-0.05, 0) is 27.2 Å². The summed E-state index contributed by atoms with van der Waals surface area (Å²) < 4.78 is 28.1. The molecule has 1 aliphatic rings. The summed E-state index contributed by atoms with van der Waals surface area (Å²) in [6.07, 6.45) is 0.727. The molecule has 1 unspecified atom stereocenters. The third-order valence-corrected chi connectivity index (χ3v) is 4.16. The van der Waals surface area contributed by atoms with Crippen LogP contribution in [0.15, 0.2) is 0 Å². The number of hydrogen-bond donors (Lipinski definition) is 0. The molecular weight excluding hydrogens is 250 g/mol. The van der Waals surface area contributed by atoms with Crippen molar-refractivity contribution in [1.29, 1.82) is 0 Å². The normalized spacial score (nSPS) is 27.8. The molecule has 4 nitrogen and oxygen atoms in total. The molecule has 0 N–H and O–H groups in total. The Hall–Kier alpha value is 0.160. The Kier molecular flexibility index (Phi) is 4.63. The Labute approximate surface area is 102 Å². The van der Waals surface area contributed by atoms with E-state index >= 15 is 0 Å². The van der Waals surface area contributed by atoms with Crippen LogP contribution < -0.4 is 0 Å². The molecule has 0 aromatic carbocycles. The Balaban J connectivity index is 2.76. The maximum atomic E-state index is 11.2. The van der Waals surface area contributed by atoms with Gasteiger partial charge in [-0.25, -0.2) is 8.42 Å². The van der Waals surface area contributed by atoms with Gasteiger partial charge in [0.1, 0.15) is 0 Å². The van der Waals surface area contributed by atoms with Crippen LogP contribution in [-0.4, -0.2) is 50.4 Å². The lowest BCUT2D eigenvalue weighted by molar-refractivity contribution is -0.0150. The summed E-state index contributed by atoms with van der Waals surface area (Å²) in [4.78, 5) is 2.22. The van der Waals surface area contributed by atoms with Gasteiger partial charge in [0.2, 0.25) is 9.05 Å². The summed E-state index contributed by atoms with van der Waals surface area (Å²) in [7, 11) is 1.82. The standard InChI is InChI=1S/C10H20ClNO3S/c1-4-15-10(8-16(11,13)14)5-6-12(7-10)9(2)3/h9H,4-8H2,1-3H3. The molecule has 0 amide bonds. The Bertz CT molecular complexity index is 331. The number of nitrogens with zero attached hydrogens (tertiary/aromatic N) is 1. The van der Waals surface area contributed by atoms with Crippen molar-refractivity contribution < 1.29 is 13.2 Å². The number of ether oxygens (including phenoxy) is 1. The number of rotatable bonds is 5. The molecule has 0 saturated carbocycles. The Morgan fingerprint density at radius 1 is 1.50 bits per heavy atom. The summed E-state index contributed by atoms with van der Waals surface area (Å²) in [5.74, 6) is -0.0986. The Morgan fingerprint density at radius 2 is 2.12 bits per heavy atom. The van der Waals surface area contributed by atoms with Crippen LogP contribution in [0.4, 0.5) is 0 Å². The summed E-state index contributed by atoms with van der Waals surface area (Å²) in [5, 5.41) is 0. The third kappa shape index (κ3) is 3.87. The van der Waals surface area contributed by atoms with E-state index in [0.29, 0.717) is 19.2 Å². The molecule has 1 aliphatic heterocycles. The van der Waals surface area contributed by atoms with Crippen LogP contribution in [0.5, 0.6) is 0 Å². The van der Waals surface area contributed by atoms with E-state index in [1.54, 1.807) is 0 Å². The highest BCUT2D eigenvalue weighted by Gasteiger charge is 2.42. The van der Waals surface area contributed by atoms with Crippen LogP contribution in [0.2, 0.25) is 0 Å². The average Bonchev–Trinajstić information content (AvgIpc) is 2.46. The molecule has 1 rings (SSSR count). The smallest absolute Gasteiger partial charge is 0.235 e. The fraction of sp³-hybridized carbons (Fsp3) is 1.00. The quantitative estimate of drug-likeness (QED) is 0.709. The van der Waals surface area contributed by atoms with E-state index in [2.05, 4.69) is 18.7 Å². The molecule has 1 saturated heterocycles. The fourth-order valence-corrected chi connectivity index (χ4v) is 3.76. The lowest BCUT2D eigenvalue weighted by atomic mass is 10.1. The van der Waals surface area contributed by atoms with E-state index in [1.807, 2.05) is 6.92 Å². The first-order valence-corrected chi connectivity index (χ1v) is 8.06. The predicted molar refractivity (Wildman–Crippen MR) is 65.3 cm³/mol. The lowest BCUT2D eigenvalue weighted by Crippen LogP contribution is -2.43. The maximum Gasteiger partial charge on any atom is 0.235 e. The first-order valence-electron chi connectivity index (χ1n) is 5.58. The Morgan fingerprint density at radius 3 is 2.50 bits per heavy atom. The molecule has 0 bridgehead atoms. The lowest BCUT2D eigenvalue weighted by Gasteiger charge is -2.29. The molecule has 0 aliphatic carbocycles. The summed E-state index contributed by atoms with van der Waals surface area (Å²) >= 11 is 0. The molecule has 1 fully saturated rings. The van der Waals surface area contributed by atoms with Crippen molar-refractivity contribution in [3.05, 3.63) is 0 Å². The van der Waals surface area contributed by atoms with Crippen molar-refractivity contribution >= 4 is 19.7 Å². The zero-order chi connectivity index (χ0) is 12.4. The van der Waals surface area contributed by atoms with Crippen molar-refractivity contribution in [3.8, 4) is 0 Å². The maximum absolute atomic E-state index is 11.2. The number of hydrogen-bond acceptors (Lipinski definition) is 4. The van der Waals surface area contributed by atoms with Gasteiger partial charge in [0.05, 0.1) is 11.4 Å². The van der Waals surface area contributed by atoms with Crippen molar-refractivity contribution in [2.75, 3.05) is 25.4 Å². The van der Waals surface area contributed by atoms with Gasteiger partial charge in [0.25, 0.3) is 0 Å². The minimum atomic E-state index is -3.52. The van der Waals surface area contributed by atoms with Crippen LogP contribution in [0.1, 0.15) is 27.2 Å². The molecule has 0 radical (unpaired) electrons. The van der Waals surface area contributed by atoms with Gasteiger partial charge in [-0.2, -0.15) is 0 Å². The largest absolute Gasteiger partial charge is 0.373 e. The second-order valence-electron chi connectivity index (χ2n) is 4.61. The molecule has 0 aromatic rings. The van der Waals surface area contributed by atoms with Gasteiger partial charge in [-0.15, -0.1) is 0 Å². The molecule has 16 heavy (non-hydrogen) atoms. The molecule has 0 aromatic heterocycles. The van der Waals surface area contributed by atoms with Crippen LogP contribution in [0, 0.1) is 0 Å². The van der Waals surface area contributed by atoms with Crippen LogP contribution in [0.25, 0.3) is 0 Å². The van der Waals surface area contributed by atoms with E-state index in [1.165, 1.54) is 0 Å². The molecule has 6 heteroatoms. The van der Waals surface area contributed by atoms with E-state index in [0.717, 1.165) is 13.0 Å². The van der Waals surface area contributed by atoms with E-state index in [9.17, 15) is 8.42 Å². The van der Waals surface area contributed by atoms with E-state index < -0.39 is 14.7 Å². The van der Waals surface area contributed by atoms with Gasteiger partial charge in [-0.3, -0.25) is 4.90 Å². The minimum Gasteiger partial charge on any atom is -0.373 e. The zero-order valence-corrected chi connectivity index (χ0v) is 11.6. The molecule has 0 spiro atoms. The summed E-state index contributed by atoms with van der Waals surface area (Å²) in [5.41, 5.74) is -0.612. The van der Waals surface area contributed by atoms with Crippen molar-refractivity contribution in [3.63, 3.8) is 0 Å². The van der Waals surface area contributed by atoms with E-state index in [-0.39, 0.29) is 5.75 Å². The molecule has 1 heterocycles. The van der Waals surface area contributed by atoms with Crippen molar-refractivity contribution in [2.45, 2.75) is 38.8 Å². The summed E-state index contributed by atoms with van der Waals surface area (Å²) in [6.45, 7) is 8.09. The SMILES string of the molecule is CCOC1(CS(=O)(=O)Cl)CCN(C(C)C)C1. The first kappa shape index (κ1) is 14.2. The zero-order valence-electron chi connectivity index (χ0n) is 10.1. The van der Waals surface area contributed by atoms with Crippen LogP contribution >= 0.6 is 10.7 Å². The van der Waals surface area contributed by atoms with Gasteiger partial charge >= 0.3 is 0 Å². The van der Waals surface area contributed by atoms with Crippen LogP contribution in [-0.2, 0) is 13.8 Å². The topological polar surface area (TPSA) is 46.6 Å². The highest BCUT2D eigenvalue weighted by molar-refractivity contribution is 8.13. The molecule has 1 atom stereocenters. The second kappa shape index (κ2) is 5.21. The average molecular weight is 270 g/mol. The second-order valence-corrected chi connectivity index (χ2v) is 7.39. The summed E-state index contributed by atoms with van der Waals surface area (Å²) in [6, 6.07) is 0.403. The molecule has 96 valence electrons. The monoisotopic (exact) mass is 269 g/mol. The van der Waals surface area contributed by atoms with Crippen LogP contribution in [0.3, 0.4) is 0 Å². The molecular formula is C10H20ClNO3S. The first-order chi connectivity index (χ1) is 7.28.